The van der Waals surface area contributed by atoms with Crippen molar-refractivity contribution in [1.29, 1.82) is 0 Å². The van der Waals surface area contributed by atoms with E-state index in [0.29, 0.717) is 5.92 Å². The smallest absolute Gasteiger partial charge is 0.136 e. The summed E-state index contributed by atoms with van der Waals surface area (Å²) in [6, 6.07) is 11.9. The van der Waals surface area contributed by atoms with E-state index < -0.39 is 0 Å². The van der Waals surface area contributed by atoms with E-state index in [0.717, 1.165) is 6.04 Å². The molecule has 0 aromatic heterocycles. The first-order valence-electron chi connectivity index (χ1n) is 7.17. The maximum absolute atomic E-state index is 2.43. The first-order valence-corrected chi connectivity index (χ1v) is 7.17. The van der Waals surface area contributed by atoms with Gasteiger partial charge < -0.3 is 9.80 Å². The number of likely N-dealkylation sites (tertiary alicyclic amines) is 1. The summed E-state index contributed by atoms with van der Waals surface area (Å²) >= 11 is 0. The van der Waals surface area contributed by atoms with Gasteiger partial charge in [-0.15, -0.1) is 0 Å². The van der Waals surface area contributed by atoms with Crippen molar-refractivity contribution in [1.82, 2.24) is 0 Å². The Labute approximate surface area is 112 Å². The summed E-state index contributed by atoms with van der Waals surface area (Å²) in [5.41, 5.74) is 1.79. The number of rotatable bonds is 2. The van der Waals surface area contributed by atoms with E-state index in [2.05, 4.69) is 65.3 Å². The van der Waals surface area contributed by atoms with E-state index >= 15 is 0 Å². The predicted molar refractivity (Wildman–Crippen MR) is 75.9 cm³/mol. The fourth-order valence-electron chi connectivity index (χ4n) is 3.84. The van der Waals surface area contributed by atoms with E-state index in [1.807, 2.05) is 0 Å². The zero-order chi connectivity index (χ0) is 13.3. The molecule has 1 unspecified atom stereocenters. The molecule has 2 nitrogen and oxygen atoms in total. The molecule has 18 heavy (non-hydrogen) atoms. The Hall–Kier alpha value is -0.860. The van der Waals surface area contributed by atoms with Gasteiger partial charge in [0.1, 0.15) is 5.54 Å². The van der Waals surface area contributed by atoms with Crippen molar-refractivity contribution in [3.05, 3.63) is 35.9 Å². The summed E-state index contributed by atoms with van der Waals surface area (Å²) in [5, 5.41) is 0. The number of hydrogen-bond acceptors (Lipinski definition) is 0. The molecule has 100 valence electrons. The van der Waals surface area contributed by atoms with Crippen LogP contribution < -0.4 is 9.80 Å². The minimum atomic E-state index is 0.278. The Morgan fingerprint density at radius 2 is 1.78 bits per heavy atom. The van der Waals surface area contributed by atoms with E-state index in [1.165, 1.54) is 18.5 Å². The molecule has 0 amide bonds. The molecule has 2 rings (SSSR count). The van der Waals surface area contributed by atoms with Gasteiger partial charge in [-0.2, -0.15) is 0 Å². The minimum absolute atomic E-state index is 0.278. The van der Waals surface area contributed by atoms with Crippen LogP contribution in [0.15, 0.2) is 30.3 Å². The largest absolute Gasteiger partial charge is 0.335 e. The van der Waals surface area contributed by atoms with Crippen LogP contribution in [0, 0.1) is 5.92 Å². The lowest BCUT2D eigenvalue weighted by molar-refractivity contribution is -0.974. The van der Waals surface area contributed by atoms with Crippen LogP contribution in [-0.2, 0) is 5.54 Å². The van der Waals surface area contributed by atoms with Gasteiger partial charge in [0, 0.05) is 5.56 Å². The third kappa shape index (κ3) is 2.08. The van der Waals surface area contributed by atoms with Crippen molar-refractivity contribution in [3.63, 3.8) is 0 Å². The molecule has 0 saturated carbocycles. The van der Waals surface area contributed by atoms with Gasteiger partial charge in [0.05, 0.1) is 46.1 Å². The van der Waals surface area contributed by atoms with Gasteiger partial charge in [-0.1, -0.05) is 37.3 Å². The molecule has 0 radical (unpaired) electrons. The highest BCUT2D eigenvalue weighted by Crippen LogP contribution is 2.32. The molecule has 0 spiro atoms. The highest BCUT2D eigenvalue weighted by atomic mass is 15.2. The summed E-state index contributed by atoms with van der Waals surface area (Å²) in [4.78, 5) is 3.25. The van der Waals surface area contributed by atoms with E-state index in [1.54, 1.807) is 9.80 Å². The number of nitrogens with one attached hydrogen (secondary N) is 2. The van der Waals surface area contributed by atoms with Gasteiger partial charge in [-0.3, -0.25) is 0 Å². The average Bonchev–Trinajstić information content (AvgIpc) is 2.34. The van der Waals surface area contributed by atoms with Crippen LogP contribution in [0.1, 0.15) is 25.8 Å². The first-order chi connectivity index (χ1) is 8.48. The van der Waals surface area contributed by atoms with Crippen LogP contribution >= 0.6 is 0 Å². The first kappa shape index (κ1) is 13.6. The van der Waals surface area contributed by atoms with Crippen molar-refractivity contribution in [3.8, 4) is 0 Å². The van der Waals surface area contributed by atoms with Gasteiger partial charge >= 0.3 is 0 Å². The second-order valence-corrected chi connectivity index (χ2v) is 6.39. The summed E-state index contributed by atoms with van der Waals surface area (Å²) in [6.45, 7) is 6.08. The predicted octanol–water partition coefficient (Wildman–Crippen LogP) is -0.0306. The van der Waals surface area contributed by atoms with E-state index in [9.17, 15) is 0 Å². The van der Waals surface area contributed by atoms with Gasteiger partial charge in [0.2, 0.25) is 0 Å². The van der Waals surface area contributed by atoms with Crippen LogP contribution in [0.5, 0.6) is 0 Å². The second kappa shape index (κ2) is 5.02. The van der Waals surface area contributed by atoms with Crippen molar-refractivity contribution in [2.75, 3.05) is 27.7 Å². The van der Waals surface area contributed by atoms with Gasteiger partial charge in [0.15, 0.2) is 0 Å². The summed E-state index contributed by atoms with van der Waals surface area (Å²) in [5.74, 6) is 0.709. The van der Waals surface area contributed by atoms with Crippen LogP contribution in [0.25, 0.3) is 0 Å². The van der Waals surface area contributed by atoms with E-state index in [-0.39, 0.29) is 5.54 Å². The molecule has 2 N–H and O–H groups in total. The number of quaternary nitrogens is 2. The fourth-order valence-corrected chi connectivity index (χ4v) is 3.84. The van der Waals surface area contributed by atoms with Crippen LogP contribution in [0.3, 0.4) is 0 Å². The maximum Gasteiger partial charge on any atom is 0.136 e. The average molecular weight is 248 g/mol. The molecule has 1 aromatic carbocycles. The third-order valence-electron chi connectivity index (χ3n) is 5.12. The molecule has 1 saturated heterocycles. The van der Waals surface area contributed by atoms with Crippen molar-refractivity contribution in [2.24, 2.45) is 5.92 Å². The topological polar surface area (TPSA) is 8.88 Å². The number of piperidine rings is 1. The molecule has 0 bridgehead atoms. The van der Waals surface area contributed by atoms with Crippen LogP contribution in [0.2, 0.25) is 0 Å². The van der Waals surface area contributed by atoms with Crippen molar-refractivity contribution >= 4 is 0 Å². The Morgan fingerprint density at radius 3 is 2.33 bits per heavy atom. The van der Waals surface area contributed by atoms with Gasteiger partial charge in [-0.25, -0.2) is 0 Å². The molecule has 4 atom stereocenters. The summed E-state index contributed by atoms with van der Waals surface area (Å²) in [6.07, 6.45) is 1.27. The van der Waals surface area contributed by atoms with Gasteiger partial charge in [0.25, 0.3) is 0 Å². The lowest BCUT2D eigenvalue weighted by atomic mass is 9.71. The molecule has 2 heteroatoms. The molecular weight excluding hydrogens is 220 g/mol. The van der Waals surface area contributed by atoms with Crippen LogP contribution in [-0.4, -0.2) is 33.7 Å². The standard InChI is InChI=1S/C16H26N2/c1-13-12-18(5)14(2)11-16(13,17(3)4)15-9-7-6-8-10-15/h6-10,13-14H,11-12H2,1-5H3/p+2/t13-,14-,16+/m1/s1. The van der Waals surface area contributed by atoms with Crippen molar-refractivity contribution in [2.45, 2.75) is 31.8 Å². The molecule has 1 aliphatic rings. The zero-order valence-electron chi connectivity index (χ0n) is 12.5. The van der Waals surface area contributed by atoms with Gasteiger partial charge in [-0.05, 0) is 6.92 Å². The minimum Gasteiger partial charge on any atom is -0.335 e. The Kier molecular flexibility index (Phi) is 3.79. The quantitative estimate of drug-likeness (QED) is 0.727. The molecule has 1 heterocycles. The molecule has 0 aliphatic carbocycles. The van der Waals surface area contributed by atoms with Crippen molar-refractivity contribution < 1.29 is 9.80 Å². The number of hydrogen-bond donors (Lipinski definition) is 2. The lowest BCUT2D eigenvalue weighted by Crippen LogP contribution is -3.22. The fraction of sp³-hybridized carbons (Fsp3) is 0.625. The lowest BCUT2D eigenvalue weighted by Gasteiger charge is -2.48. The SMILES string of the molecule is C[C@@H]1C[C@](c2ccccc2)([NH+](C)C)[C@H](C)C[NH+]1C. The van der Waals surface area contributed by atoms with E-state index in [4.69, 9.17) is 0 Å². The number of benzene rings is 1. The molecular formula is C16H28N2+2. The zero-order valence-corrected chi connectivity index (χ0v) is 12.5. The normalized spacial score (nSPS) is 36.9. The molecule has 1 aliphatic heterocycles. The summed E-state index contributed by atoms with van der Waals surface area (Å²) in [7, 11) is 6.97. The maximum atomic E-state index is 2.43. The Bertz CT molecular complexity index is 387. The second-order valence-electron chi connectivity index (χ2n) is 6.39. The molecule has 1 fully saturated rings. The Morgan fingerprint density at radius 1 is 1.17 bits per heavy atom. The molecule has 1 aromatic rings. The monoisotopic (exact) mass is 248 g/mol. The highest BCUT2D eigenvalue weighted by Gasteiger charge is 2.51. The Balaban J connectivity index is 2.44. The summed E-state index contributed by atoms with van der Waals surface area (Å²) < 4.78 is 0. The van der Waals surface area contributed by atoms with Crippen LogP contribution in [0.4, 0.5) is 0 Å². The third-order valence-corrected chi connectivity index (χ3v) is 5.12. The highest BCUT2D eigenvalue weighted by molar-refractivity contribution is 5.23.